The van der Waals surface area contributed by atoms with Crippen LogP contribution in [0.15, 0.2) is 60.7 Å². The fourth-order valence-corrected chi connectivity index (χ4v) is 1.11. The standard InChI is InChI=1S/C12H10O.K/c1-3-7-11(8-4-1)13-12-9-5-2-6-10-12;/h1-10H;. The maximum atomic E-state index is 5.58. The van der Waals surface area contributed by atoms with Crippen molar-refractivity contribution in [3.05, 3.63) is 60.7 Å². The third-order valence-corrected chi connectivity index (χ3v) is 1.72. The Morgan fingerprint density at radius 3 is 1.29 bits per heavy atom. The molecular weight excluding hydrogens is 199 g/mol. The van der Waals surface area contributed by atoms with Crippen LogP contribution in [-0.2, 0) is 0 Å². The Morgan fingerprint density at radius 1 is 0.571 bits per heavy atom. The smallest absolute Gasteiger partial charge is 0.127 e. The molecule has 0 heterocycles. The van der Waals surface area contributed by atoms with E-state index in [0.717, 1.165) is 11.5 Å². The molecule has 0 aromatic heterocycles. The molecule has 0 aliphatic heterocycles. The van der Waals surface area contributed by atoms with Gasteiger partial charge in [-0.15, -0.1) is 0 Å². The van der Waals surface area contributed by atoms with Gasteiger partial charge in [0, 0.05) is 51.4 Å². The molecule has 0 atom stereocenters. The Morgan fingerprint density at radius 2 is 0.929 bits per heavy atom. The van der Waals surface area contributed by atoms with Crippen molar-refractivity contribution in [2.24, 2.45) is 0 Å². The van der Waals surface area contributed by atoms with Gasteiger partial charge in [-0.2, -0.15) is 0 Å². The van der Waals surface area contributed by atoms with Crippen molar-refractivity contribution in [2.75, 3.05) is 0 Å². The number of rotatable bonds is 2. The summed E-state index contributed by atoms with van der Waals surface area (Å²) in [5, 5.41) is 0. The van der Waals surface area contributed by atoms with Gasteiger partial charge >= 0.3 is 0 Å². The molecule has 0 spiro atoms. The van der Waals surface area contributed by atoms with Crippen LogP contribution in [-0.4, -0.2) is 51.4 Å². The van der Waals surface area contributed by atoms with Crippen LogP contribution in [0.1, 0.15) is 0 Å². The molecule has 14 heavy (non-hydrogen) atoms. The van der Waals surface area contributed by atoms with E-state index in [9.17, 15) is 0 Å². The van der Waals surface area contributed by atoms with E-state index in [1.807, 2.05) is 60.7 Å². The fraction of sp³-hybridized carbons (Fsp3) is 0. The Kier molecular flexibility index (Phi) is 5.44. The van der Waals surface area contributed by atoms with Gasteiger partial charge in [-0.3, -0.25) is 0 Å². The van der Waals surface area contributed by atoms with Gasteiger partial charge in [-0.05, 0) is 24.3 Å². The maximum Gasteiger partial charge on any atom is 0.127 e. The molecule has 1 nitrogen and oxygen atoms in total. The summed E-state index contributed by atoms with van der Waals surface area (Å²) in [4.78, 5) is 0. The van der Waals surface area contributed by atoms with E-state index in [2.05, 4.69) is 0 Å². The minimum atomic E-state index is 0. The maximum absolute atomic E-state index is 5.58. The van der Waals surface area contributed by atoms with Crippen molar-refractivity contribution >= 4 is 51.4 Å². The average molecular weight is 209 g/mol. The minimum Gasteiger partial charge on any atom is -0.457 e. The first-order chi connectivity index (χ1) is 6.45. The van der Waals surface area contributed by atoms with E-state index in [1.54, 1.807) is 0 Å². The normalized spacial score (nSPS) is 8.86. The first-order valence-corrected chi connectivity index (χ1v) is 4.23. The monoisotopic (exact) mass is 209 g/mol. The predicted molar refractivity (Wildman–Crippen MR) is 58.7 cm³/mol. The van der Waals surface area contributed by atoms with Gasteiger partial charge in [0.15, 0.2) is 0 Å². The van der Waals surface area contributed by atoms with Crippen LogP contribution in [0.4, 0.5) is 0 Å². The van der Waals surface area contributed by atoms with E-state index in [1.165, 1.54) is 0 Å². The second kappa shape index (κ2) is 6.38. The molecule has 0 unspecified atom stereocenters. The Hall–Kier alpha value is -0.124. The van der Waals surface area contributed by atoms with Gasteiger partial charge in [-0.25, -0.2) is 0 Å². The van der Waals surface area contributed by atoms with E-state index in [0.29, 0.717) is 0 Å². The summed E-state index contributed by atoms with van der Waals surface area (Å²) >= 11 is 0. The molecule has 2 heteroatoms. The van der Waals surface area contributed by atoms with Crippen molar-refractivity contribution in [1.29, 1.82) is 0 Å². The van der Waals surface area contributed by atoms with Gasteiger partial charge in [0.1, 0.15) is 11.5 Å². The summed E-state index contributed by atoms with van der Waals surface area (Å²) in [7, 11) is 0. The molecule has 0 saturated heterocycles. The van der Waals surface area contributed by atoms with Crippen LogP contribution in [0, 0.1) is 0 Å². The number of hydrogen-bond acceptors (Lipinski definition) is 1. The molecule has 0 aliphatic carbocycles. The van der Waals surface area contributed by atoms with Crippen LogP contribution in [0.2, 0.25) is 0 Å². The minimum absolute atomic E-state index is 0. The third kappa shape index (κ3) is 3.56. The van der Waals surface area contributed by atoms with E-state index < -0.39 is 0 Å². The molecule has 0 saturated carbocycles. The zero-order valence-electron chi connectivity index (χ0n) is 8.18. The van der Waals surface area contributed by atoms with Crippen LogP contribution >= 0.6 is 0 Å². The summed E-state index contributed by atoms with van der Waals surface area (Å²) in [6, 6.07) is 19.5. The second-order valence-corrected chi connectivity index (χ2v) is 2.73. The number of hydrogen-bond donors (Lipinski definition) is 0. The first kappa shape index (κ1) is 11.9. The largest absolute Gasteiger partial charge is 0.457 e. The van der Waals surface area contributed by atoms with Crippen molar-refractivity contribution in [2.45, 2.75) is 0 Å². The van der Waals surface area contributed by atoms with E-state index in [-0.39, 0.29) is 51.4 Å². The molecule has 2 rings (SSSR count). The molecule has 1 radical (unpaired) electrons. The Balaban J connectivity index is 0.000000980. The topological polar surface area (TPSA) is 9.23 Å². The van der Waals surface area contributed by atoms with Crippen LogP contribution in [0.3, 0.4) is 0 Å². The number of ether oxygens (including phenoxy) is 1. The summed E-state index contributed by atoms with van der Waals surface area (Å²) in [6.45, 7) is 0. The summed E-state index contributed by atoms with van der Waals surface area (Å²) in [5.41, 5.74) is 0. The van der Waals surface area contributed by atoms with Crippen LogP contribution in [0.5, 0.6) is 11.5 Å². The number of para-hydroxylation sites is 2. The molecule has 65 valence electrons. The average Bonchev–Trinajstić information content (AvgIpc) is 2.21. The van der Waals surface area contributed by atoms with Crippen molar-refractivity contribution in [3.63, 3.8) is 0 Å². The van der Waals surface area contributed by atoms with Gasteiger partial charge in [-0.1, -0.05) is 36.4 Å². The van der Waals surface area contributed by atoms with Gasteiger partial charge < -0.3 is 4.74 Å². The second-order valence-electron chi connectivity index (χ2n) is 2.73. The van der Waals surface area contributed by atoms with Crippen molar-refractivity contribution in [1.82, 2.24) is 0 Å². The first-order valence-electron chi connectivity index (χ1n) is 4.23. The van der Waals surface area contributed by atoms with E-state index in [4.69, 9.17) is 4.74 Å². The zero-order chi connectivity index (χ0) is 8.93. The molecule has 2 aromatic rings. The summed E-state index contributed by atoms with van der Waals surface area (Å²) in [5.74, 6) is 1.74. The molecule has 0 amide bonds. The van der Waals surface area contributed by atoms with Crippen LogP contribution < -0.4 is 4.74 Å². The zero-order valence-corrected chi connectivity index (χ0v) is 11.3. The Bertz CT molecular complexity index is 321. The molecule has 0 fully saturated rings. The molecule has 2 aromatic carbocycles. The summed E-state index contributed by atoms with van der Waals surface area (Å²) in [6.07, 6.45) is 0. The van der Waals surface area contributed by atoms with E-state index >= 15 is 0 Å². The quantitative estimate of drug-likeness (QED) is 0.691. The molecular formula is C12H10KO. The number of benzene rings is 2. The van der Waals surface area contributed by atoms with Crippen molar-refractivity contribution in [3.8, 4) is 11.5 Å². The van der Waals surface area contributed by atoms with Gasteiger partial charge in [0.2, 0.25) is 0 Å². The third-order valence-electron chi connectivity index (χ3n) is 1.72. The molecule has 0 bridgehead atoms. The van der Waals surface area contributed by atoms with Crippen LogP contribution in [0.25, 0.3) is 0 Å². The fourth-order valence-electron chi connectivity index (χ4n) is 1.11. The molecule has 0 aliphatic rings. The summed E-state index contributed by atoms with van der Waals surface area (Å²) < 4.78 is 5.58. The van der Waals surface area contributed by atoms with Crippen molar-refractivity contribution < 1.29 is 4.74 Å². The SMILES string of the molecule is [K].c1ccc(Oc2ccccc2)cc1. The van der Waals surface area contributed by atoms with Gasteiger partial charge in [0.25, 0.3) is 0 Å². The van der Waals surface area contributed by atoms with Gasteiger partial charge in [0.05, 0.1) is 0 Å². The predicted octanol–water partition coefficient (Wildman–Crippen LogP) is 3.10. The Labute approximate surface area is 127 Å². The molecule has 0 N–H and O–H groups in total.